The van der Waals surface area contributed by atoms with Crippen LogP contribution in [-0.2, 0) is 6.42 Å². The van der Waals surface area contributed by atoms with Crippen LogP contribution >= 0.6 is 11.3 Å². The normalized spacial score (nSPS) is 9.71. The highest BCUT2D eigenvalue weighted by molar-refractivity contribution is 7.09. The molecule has 17 heavy (non-hydrogen) atoms. The van der Waals surface area contributed by atoms with Crippen molar-refractivity contribution in [2.45, 2.75) is 26.2 Å². The minimum Gasteiger partial charge on any atom is -0.265 e. The lowest BCUT2D eigenvalue weighted by atomic mass is 10.2. The second-order valence-corrected chi connectivity index (χ2v) is 4.45. The van der Waals surface area contributed by atoms with Gasteiger partial charge < -0.3 is 0 Å². The first-order chi connectivity index (χ1) is 8.38. The lowest BCUT2D eigenvalue weighted by Crippen LogP contribution is -1.84. The molecule has 0 unspecified atom stereocenters. The van der Waals surface area contributed by atoms with Crippen molar-refractivity contribution in [3.05, 3.63) is 46.2 Å². The molecular weight excluding hydrogens is 228 g/mol. The maximum Gasteiger partial charge on any atom is 0.168 e. The van der Waals surface area contributed by atoms with Gasteiger partial charge in [0.1, 0.15) is 0 Å². The Morgan fingerprint density at radius 2 is 2.12 bits per heavy atom. The standard InChI is InChI=1S/C14H13N2S/c1-2-3-4-13-11-17-14(16-13)6-5-12-7-9-15-10-8-12/h7-10H,2-4H2,1H3. The van der Waals surface area contributed by atoms with Gasteiger partial charge in [-0.15, -0.1) is 11.3 Å². The van der Waals surface area contributed by atoms with Crippen molar-refractivity contribution < 1.29 is 0 Å². The number of unbranched alkanes of at least 4 members (excludes halogenated alkanes) is 1. The zero-order valence-corrected chi connectivity index (χ0v) is 10.5. The molecule has 0 aliphatic rings. The number of aryl methyl sites for hydroxylation is 1. The second kappa shape index (κ2) is 6.17. The van der Waals surface area contributed by atoms with Crippen molar-refractivity contribution in [1.82, 2.24) is 9.97 Å². The topological polar surface area (TPSA) is 25.8 Å². The summed E-state index contributed by atoms with van der Waals surface area (Å²) in [6.45, 7) is 2.18. The Morgan fingerprint density at radius 1 is 1.29 bits per heavy atom. The lowest BCUT2D eigenvalue weighted by Gasteiger charge is -1.89. The van der Waals surface area contributed by atoms with Gasteiger partial charge in [-0.2, -0.15) is 0 Å². The molecule has 0 aliphatic carbocycles. The highest BCUT2D eigenvalue weighted by atomic mass is 32.1. The minimum absolute atomic E-state index is 0.841. The molecule has 0 aromatic carbocycles. The van der Waals surface area contributed by atoms with E-state index in [-0.39, 0.29) is 0 Å². The molecule has 2 nitrogen and oxygen atoms in total. The summed E-state index contributed by atoms with van der Waals surface area (Å²) in [5, 5.41) is 4.03. The summed E-state index contributed by atoms with van der Waals surface area (Å²) in [6.07, 6.45) is 6.83. The summed E-state index contributed by atoms with van der Waals surface area (Å²) in [6, 6.07) is 3.78. The van der Waals surface area contributed by atoms with Gasteiger partial charge in [0.2, 0.25) is 0 Å². The molecule has 0 amide bonds. The zero-order chi connectivity index (χ0) is 11.9. The molecule has 0 saturated heterocycles. The molecule has 0 bridgehead atoms. The number of hydrogen-bond acceptors (Lipinski definition) is 3. The second-order valence-electron chi connectivity index (χ2n) is 3.66. The summed E-state index contributed by atoms with van der Waals surface area (Å²) >= 11 is 1.49. The fourth-order valence-corrected chi connectivity index (χ4v) is 1.96. The molecule has 2 aromatic heterocycles. The van der Waals surface area contributed by atoms with E-state index in [4.69, 9.17) is 0 Å². The molecule has 85 valence electrons. The maximum absolute atomic E-state index is 4.44. The zero-order valence-electron chi connectivity index (χ0n) is 9.73. The Morgan fingerprint density at radius 3 is 2.88 bits per heavy atom. The fraction of sp³-hybridized carbons (Fsp3) is 0.286. The monoisotopic (exact) mass is 241 g/mol. The number of aromatic nitrogens is 2. The average molecular weight is 241 g/mol. The fourth-order valence-electron chi connectivity index (χ4n) is 1.34. The van der Waals surface area contributed by atoms with Crippen LogP contribution in [0, 0.1) is 17.2 Å². The quantitative estimate of drug-likeness (QED) is 0.772. The van der Waals surface area contributed by atoms with Crippen LogP contribution in [0.5, 0.6) is 0 Å². The van der Waals surface area contributed by atoms with E-state index >= 15 is 0 Å². The SMILES string of the molecule is CCCCc1[c]sc(C#Cc2ccncc2)n1. The van der Waals surface area contributed by atoms with Crippen molar-refractivity contribution in [2.75, 3.05) is 0 Å². The highest BCUT2D eigenvalue weighted by Gasteiger charge is 1.99. The third-order valence-corrected chi connectivity index (χ3v) is 2.99. The van der Waals surface area contributed by atoms with Crippen LogP contribution in [0.15, 0.2) is 24.5 Å². The number of rotatable bonds is 3. The number of pyridine rings is 1. The molecule has 0 saturated carbocycles. The van der Waals surface area contributed by atoms with E-state index in [2.05, 4.69) is 34.1 Å². The van der Waals surface area contributed by atoms with Gasteiger partial charge in [0.25, 0.3) is 0 Å². The van der Waals surface area contributed by atoms with E-state index in [0.29, 0.717) is 0 Å². The van der Waals surface area contributed by atoms with Gasteiger partial charge in [-0.25, -0.2) is 4.98 Å². The van der Waals surface area contributed by atoms with Crippen molar-refractivity contribution in [2.24, 2.45) is 0 Å². The molecule has 2 rings (SSSR count). The van der Waals surface area contributed by atoms with Gasteiger partial charge in [0.15, 0.2) is 5.01 Å². The molecule has 0 aliphatic heterocycles. The molecule has 2 aromatic rings. The Kier molecular flexibility index (Phi) is 4.29. The summed E-state index contributed by atoms with van der Waals surface area (Å²) < 4.78 is 0. The molecular formula is C14H13N2S. The Hall–Kier alpha value is -1.66. The van der Waals surface area contributed by atoms with Crippen LogP contribution in [0.3, 0.4) is 0 Å². The first-order valence-corrected chi connectivity index (χ1v) is 6.49. The van der Waals surface area contributed by atoms with Crippen LogP contribution in [0.1, 0.15) is 36.0 Å². The molecule has 3 heteroatoms. The molecule has 0 fully saturated rings. The van der Waals surface area contributed by atoms with Crippen LogP contribution in [-0.4, -0.2) is 9.97 Å². The molecule has 0 atom stereocenters. The number of thiazole rings is 1. The van der Waals surface area contributed by atoms with E-state index in [1.165, 1.54) is 17.8 Å². The van der Waals surface area contributed by atoms with Crippen LogP contribution in [0.25, 0.3) is 0 Å². The predicted octanol–water partition coefficient (Wildman–Crippen LogP) is 3.08. The molecule has 1 radical (unpaired) electrons. The molecule has 0 spiro atoms. The summed E-state index contributed by atoms with van der Waals surface area (Å²) in [5.74, 6) is 6.12. The molecule has 0 N–H and O–H groups in total. The summed E-state index contributed by atoms with van der Waals surface area (Å²) in [4.78, 5) is 8.39. The van der Waals surface area contributed by atoms with Gasteiger partial charge in [-0.3, -0.25) is 4.98 Å². The number of hydrogen-bond donors (Lipinski definition) is 0. The predicted molar refractivity (Wildman–Crippen MR) is 69.8 cm³/mol. The lowest BCUT2D eigenvalue weighted by molar-refractivity contribution is 0.780. The van der Waals surface area contributed by atoms with Gasteiger partial charge in [0, 0.05) is 18.0 Å². The van der Waals surface area contributed by atoms with E-state index < -0.39 is 0 Å². The third-order valence-electron chi connectivity index (χ3n) is 2.26. The van der Waals surface area contributed by atoms with E-state index in [1.54, 1.807) is 12.4 Å². The van der Waals surface area contributed by atoms with Gasteiger partial charge in [0.05, 0.1) is 11.1 Å². The van der Waals surface area contributed by atoms with Crippen LogP contribution in [0.4, 0.5) is 0 Å². The van der Waals surface area contributed by atoms with Gasteiger partial charge in [-0.1, -0.05) is 19.3 Å². The summed E-state index contributed by atoms with van der Waals surface area (Å²) in [7, 11) is 0. The molecule has 2 heterocycles. The van der Waals surface area contributed by atoms with Gasteiger partial charge >= 0.3 is 0 Å². The van der Waals surface area contributed by atoms with Crippen molar-refractivity contribution >= 4 is 11.3 Å². The van der Waals surface area contributed by atoms with E-state index in [1.807, 2.05) is 12.1 Å². The highest BCUT2D eigenvalue weighted by Crippen LogP contribution is 2.10. The average Bonchev–Trinajstić information content (AvgIpc) is 2.83. The Labute approximate surface area is 106 Å². The van der Waals surface area contributed by atoms with E-state index in [0.717, 1.165) is 29.1 Å². The summed E-state index contributed by atoms with van der Waals surface area (Å²) in [5.41, 5.74) is 2.00. The first-order valence-electron chi connectivity index (χ1n) is 5.68. The van der Waals surface area contributed by atoms with Crippen LogP contribution in [0.2, 0.25) is 0 Å². The minimum atomic E-state index is 0.841. The van der Waals surface area contributed by atoms with Crippen molar-refractivity contribution in [3.63, 3.8) is 0 Å². The smallest absolute Gasteiger partial charge is 0.168 e. The first kappa shape index (κ1) is 11.8. The van der Waals surface area contributed by atoms with E-state index in [9.17, 15) is 0 Å². The largest absolute Gasteiger partial charge is 0.265 e. The van der Waals surface area contributed by atoms with Gasteiger partial charge in [-0.05, 0) is 30.9 Å². The van der Waals surface area contributed by atoms with Crippen molar-refractivity contribution in [1.29, 1.82) is 0 Å². The number of nitrogens with zero attached hydrogens (tertiary/aromatic N) is 2. The maximum atomic E-state index is 4.44. The third kappa shape index (κ3) is 3.69. The Bertz CT molecular complexity index is 520. The van der Waals surface area contributed by atoms with Crippen LogP contribution < -0.4 is 0 Å². The van der Waals surface area contributed by atoms with Crippen molar-refractivity contribution in [3.8, 4) is 11.8 Å². The Balaban J connectivity index is 2.04.